The van der Waals surface area contributed by atoms with Crippen LogP contribution in [0, 0.1) is 11.3 Å². The van der Waals surface area contributed by atoms with Gasteiger partial charge >= 0.3 is 0 Å². The minimum Gasteiger partial charge on any atom is -0.388 e. The van der Waals surface area contributed by atoms with Crippen LogP contribution in [0.15, 0.2) is 16.7 Å². The summed E-state index contributed by atoms with van der Waals surface area (Å²) in [6.07, 6.45) is 5.39. The van der Waals surface area contributed by atoms with E-state index >= 15 is 0 Å². The molecule has 144 valence electrons. The van der Waals surface area contributed by atoms with Gasteiger partial charge in [-0.1, -0.05) is 40.0 Å². The number of aliphatic hydroxyl groups excluding tert-OH is 1. The van der Waals surface area contributed by atoms with Crippen molar-refractivity contribution < 1.29 is 9.90 Å². The number of nitrogens with zero attached hydrogens (tertiary/aromatic N) is 1. The van der Waals surface area contributed by atoms with Crippen LogP contribution in [0.2, 0.25) is 0 Å². The molecule has 0 spiro atoms. The van der Waals surface area contributed by atoms with E-state index in [-0.39, 0.29) is 22.7 Å². The number of amides is 1. The predicted octanol–water partition coefficient (Wildman–Crippen LogP) is 5.98. The first-order valence-electron chi connectivity index (χ1n) is 9.68. The molecule has 0 aliphatic heterocycles. The number of thioether (sulfide) groups is 1. The summed E-state index contributed by atoms with van der Waals surface area (Å²) in [4.78, 5) is 14.3. The summed E-state index contributed by atoms with van der Waals surface area (Å²) < 4.78 is 0. The molecule has 1 fully saturated rings. The van der Waals surface area contributed by atoms with Gasteiger partial charge in [-0.05, 0) is 63.6 Å². The molecule has 0 unspecified atom stereocenters. The van der Waals surface area contributed by atoms with Crippen molar-refractivity contribution in [2.24, 2.45) is 11.3 Å². The second kappa shape index (κ2) is 9.85. The molecule has 4 heteroatoms. The van der Waals surface area contributed by atoms with Crippen LogP contribution in [-0.2, 0) is 0 Å². The molecule has 1 aliphatic carbocycles. The Hall–Kier alpha value is -0.700. The smallest absolute Gasteiger partial charge is 0.286 e. The van der Waals surface area contributed by atoms with Crippen molar-refractivity contribution in [2.45, 2.75) is 98.8 Å². The van der Waals surface area contributed by atoms with Gasteiger partial charge in [0.05, 0.1) is 6.10 Å². The van der Waals surface area contributed by atoms with Crippen molar-refractivity contribution in [1.29, 1.82) is 0 Å². The molecule has 1 rings (SSSR count). The standard InChI is InChI=1S/C21H37NO2S/c1-15(2)22(16(3)4)20(24)25-14-13-18(21(5,6)7)19(23)17-11-9-8-10-12-17/h14-17,19,23H,8-12H2,1-7H3/t13?,19-/m1/s1. The highest BCUT2D eigenvalue weighted by Gasteiger charge is 2.31. The first kappa shape index (κ1) is 22.3. The van der Waals surface area contributed by atoms with Crippen LogP contribution < -0.4 is 0 Å². The van der Waals surface area contributed by atoms with Crippen molar-refractivity contribution in [2.75, 3.05) is 0 Å². The fourth-order valence-electron chi connectivity index (χ4n) is 3.65. The fourth-order valence-corrected chi connectivity index (χ4v) is 4.48. The summed E-state index contributed by atoms with van der Waals surface area (Å²) in [7, 11) is 0. The Morgan fingerprint density at radius 3 is 2.08 bits per heavy atom. The molecule has 3 nitrogen and oxygen atoms in total. The molecule has 0 heterocycles. The summed E-state index contributed by atoms with van der Waals surface area (Å²) >= 11 is 1.17. The Morgan fingerprint density at radius 2 is 1.64 bits per heavy atom. The molecule has 1 amide bonds. The molecule has 0 radical (unpaired) electrons. The highest BCUT2D eigenvalue weighted by molar-refractivity contribution is 8.16. The zero-order chi connectivity index (χ0) is 19.2. The first-order valence-corrected chi connectivity index (χ1v) is 10.6. The Bertz CT molecular complexity index is 485. The van der Waals surface area contributed by atoms with Gasteiger partial charge in [-0.15, -0.1) is 5.73 Å². The van der Waals surface area contributed by atoms with E-state index < -0.39 is 6.10 Å². The minimum absolute atomic E-state index is 0.0397. The van der Waals surface area contributed by atoms with E-state index in [4.69, 9.17) is 0 Å². The molecule has 1 saturated carbocycles. The highest BCUT2D eigenvalue weighted by atomic mass is 32.2. The van der Waals surface area contributed by atoms with Crippen molar-refractivity contribution in [1.82, 2.24) is 4.90 Å². The Balaban J connectivity index is 2.94. The van der Waals surface area contributed by atoms with Gasteiger partial charge in [0, 0.05) is 23.1 Å². The molecule has 1 aliphatic rings. The summed E-state index contributed by atoms with van der Waals surface area (Å²) in [6, 6.07) is 0.347. The van der Waals surface area contributed by atoms with Crippen LogP contribution >= 0.6 is 11.8 Å². The van der Waals surface area contributed by atoms with Gasteiger partial charge in [0.15, 0.2) is 0 Å². The van der Waals surface area contributed by atoms with E-state index in [9.17, 15) is 9.90 Å². The van der Waals surface area contributed by atoms with Crippen LogP contribution in [0.1, 0.15) is 80.6 Å². The molecule has 0 aromatic heterocycles. The van der Waals surface area contributed by atoms with Gasteiger partial charge in [-0.3, -0.25) is 4.79 Å². The lowest BCUT2D eigenvalue weighted by Crippen LogP contribution is -2.39. The fraction of sp³-hybridized carbons (Fsp3) is 0.810. The number of aliphatic hydroxyl groups is 1. The molecule has 1 N–H and O–H groups in total. The maximum absolute atomic E-state index is 12.5. The number of carbonyl (C=O) groups excluding carboxylic acids is 1. The van der Waals surface area contributed by atoms with Gasteiger partial charge in [0.1, 0.15) is 0 Å². The summed E-state index contributed by atoms with van der Waals surface area (Å²) in [5.74, 6) is 0.326. The zero-order valence-corrected chi connectivity index (χ0v) is 17.9. The molecule has 0 saturated heterocycles. The normalized spacial score (nSPS) is 17.4. The second-order valence-corrected chi connectivity index (χ2v) is 9.57. The average molecular weight is 368 g/mol. The maximum atomic E-state index is 12.5. The van der Waals surface area contributed by atoms with E-state index in [0.29, 0.717) is 5.92 Å². The van der Waals surface area contributed by atoms with Crippen molar-refractivity contribution >= 4 is 17.0 Å². The molecule has 25 heavy (non-hydrogen) atoms. The quantitative estimate of drug-likeness (QED) is 0.607. The summed E-state index contributed by atoms with van der Waals surface area (Å²) in [5, 5.41) is 12.7. The topological polar surface area (TPSA) is 40.5 Å². The molecule has 0 aromatic carbocycles. The van der Waals surface area contributed by atoms with Crippen LogP contribution in [-0.4, -0.2) is 33.4 Å². The van der Waals surface area contributed by atoms with E-state index in [1.54, 1.807) is 5.41 Å². The SMILES string of the molecule is CC(C)N(C(=O)SC=C=C([C@H](O)C1CCCCC1)C(C)(C)C)C(C)C. The van der Waals surface area contributed by atoms with Crippen molar-refractivity contribution in [3.63, 3.8) is 0 Å². The Morgan fingerprint density at radius 1 is 1.12 bits per heavy atom. The van der Waals surface area contributed by atoms with Gasteiger partial charge < -0.3 is 10.0 Å². The largest absolute Gasteiger partial charge is 0.388 e. The molecule has 0 aromatic rings. The summed E-state index contributed by atoms with van der Waals surface area (Å²) in [5.41, 5.74) is 4.03. The van der Waals surface area contributed by atoms with Crippen LogP contribution in [0.4, 0.5) is 4.79 Å². The Labute approximate surface area is 158 Å². The van der Waals surface area contributed by atoms with Gasteiger partial charge in [0.25, 0.3) is 5.24 Å². The van der Waals surface area contributed by atoms with Gasteiger partial charge in [-0.2, -0.15) is 0 Å². The maximum Gasteiger partial charge on any atom is 0.286 e. The molecule has 0 bridgehead atoms. The average Bonchev–Trinajstić information content (AvgIpc) is 2.50. The monoisotopic (exact) mass is 367 g/mol. The van der Waals surface area contributed by atoms with Gasteiger partial charge in [-0.25, -0.2) is 0 Å². The lowest BCUT2D eigenvalue weighted by atomic mass is 9.75. The number of hydrogen-bond donors (Lipinski definition) is 1. The molecule has 1 atom stereocenters. The van der Waals surface area contributed by atoms with Gasteiger partial charge in [0.2, 0.25) is 0 Å². The second-order valence-electron chi connectivity index (χ2n) is 8.75. The third-order valence-corrected chi connectivity index (χ3v) is 5.55. The zero-order valence-electron chi connectivity index (χ0n) is 17.1. The minimum atomic E-state index is -0.460. The third-order valence-electron chi connectivity index (χ3n) is 4.90. The lowest BCUT2D eigenvalue weighted by molar-refractivity contribution is 0.0987. The molecular formula is C21H37NO2S. The van der Waals surface area contributed by atoms with E-state index in [2.05, 4.69) is 26.5 Å². The summed E-state index contributed by atoms with van der Waals surface area (Å²) in [6.45, 7) is 14.5. The molecular weight excluding hydrogens is 330 g/mol. The number of carbonyl (C=O) groups is 1. The van der Waals surface area contributed by atoms with E-state index in [1.807, 2.05) is 32.6 Å². The third kappa shape index (κ3) is 6.84. The van der Waals surface area contributed by atoms with E-state index in [1.165, 1.54) is 31.0 Å². The highest BCUT2D eigenvalue weighted by Crippen LogP contribution is 2.36. The van der Waals surface area contributed by atoms with Crippen LogP contribution in [0.25, 0.3) is 0 Å². The number of rotatable bonds is 5. The van der Waals surface area contributed by atoms with Crippen LogP contribution in [0.5, 0.6) is 0 Å². The van der Waals surface area contributed by atoms with E-state index in [0.717, 1.165) is 18.4 Å². The number of hydrogen-bond acceptors (Lipinski definition) is 3. The van der Waals surface area contributed by atoms with Crippen molar-refractivity contribution in [3.05, 3.63) is 16.7 Å². The lowest BCUT2D eigenvalue weighted by Gasteiger charge is -2.33. The van der Waals surface area contributed by atoms with Crippen LogP contribution in [0.3, 0.4) is 0 Å². The van der Waals surface area contributed by atoms with Crippen molar-refractivity contribution in [3.8, 4) is 0 Å². The first-order chi connectivity index (χ1) is 11.6. The predicted molar refractivity (Wildman–Crippen MR) is 109 cm³/mol. The Kier molecular flexibility index (Phi) is 8.80.